The van der Waals surface area contributed by atoms with Gasteiger partial charge in [-0.2, -0.15) is 0 Å². The van der Waals surface area contributed by atoms with E-state index in [4.69, 9.17) is 10.2 Å². The van der Waals surface area contributed by atoms with Crippen LogP contribution in [0.4, 0.5) is 0 Å². The van der Waals surface area contributed by atoms with E-state index in [2.05, 4.69) is 23.3 Å². The largest absolute Gasteiger partial charge is 0.478 e. The van der Waals surface area contributed by atoms with Gasteiger partial charge >= 0.3 is 11.9 Å². The van der Waals surface area contributed by atoms with Gasteiger partial charge in [-0.05, 0) is 0 Å². The predicted molar refractivity (Wildman–Crippen MR) is 45.7 cm³/mol. The van der Waals surface area contributed by atoms with Crippen molar-refractivity contribution in [3.63, 3.8) is 0 Å². The standard InChI is InChI=1S/C8H8O8.2Y/c1-3(9)15-5(7(11)12)6(8(13)14)16-4(2)10;;/h5-6H,1-2H2,(H,11,12)(H,13,14);;/q-2;;. The van der Waals surface area contributed by atoms with Gasteiger partial charge in [0.2, 0.25) is 12.2 Å². The molecule has 0 saturated heterocycles. The molecule has 2 N–H and O–H groups in total. The second kappa shape index (κ2) is 10.7. The summed E-state index contributed by atoms with van der Waals surface area (Å²) in [6.07, 6.45) is -4.35. The van der Waals surface area contributed by atoms with E-state index in [1.165, 1.54) is 0 Å². The number of carbonyl (C=O) groups is 4. The number of hydrogen-bond acceptors (Lipinski definition) is 6. The summed E-state index contributed by atoms with van der Waals surface area (Å²) >= 11 is 0. The van der Waals surface area contributed by atoms with Gasteiger partial charge in [0.05, 0.1) is 0 Å². The average Bonchev–Trinajstić information content (AvgIpc) is 2.09. The topological polar surface area (TPSA) is 127 Å². The van der Waals surface area contributed by atoms with Gasteiger partial charge in [0.25, 0.3) is 0 Å². The number of carboxylic acid groups (broad SMARTS) is 2. The predicted octanol–water partition coefficient (Wildman–Crippen LogP) is -1.36. The molecular formula is C8H8O8Y2-2. The molecule has 0 amide bonds. The third-order valence-corrected chi connectivity index (χ3v) is 1.28. The maximum Gasteiger partial charge on any atom is 0.349 e. The van der Waals surface area contributed by atoms with E-state index in [-0.39, 0.29) is 65.4 Å². The van der Waals surface area contributed by atoms with Gasteiger partial charge < -0.3 is 19.7 Å². The molecule has 0 rings (SSSR count). The first kappa shape index (κ1) is 23.0. The molecule has 0 aliphatic rings. The van der Waals surface area contributed by atoms with Crippen LogP contribution in [0.15, 0.2) is 0 Å². The second-order valence-electron chi connectivity index (χ2n) is 2.50. The van der Waals surface area contributed by atoms with Crippen LogP contribution < -0.4 is 0 Å². The van der Waals surface area contributed by atoms with Crippen LogP contribution in [0.1, 0.15) is 0 Å². The van der Waals surface area contributed by atoms with E-state index in [9.17, 15) is 19.2 Å². The Morgan fingerprint density at radius 3 is 1.11 bits per heavy atom. The Hall–Kier alpha value is -0.172. The summed E-state index contributed by atoms with van der Waals surface area (Å²) in [5.41, 5.74) is 0. The molecule has 0 aliphatic carbocycles. The Bertz CT molecular complexity index is 297. The molecule has 0 heterocycles. The molecule has 0 aromatic heterocycles. The minimum absolute atomic E-state index is 0. The van der Waals surface area contributed by atoms with Crippen LogP contribution in [-0.2, 0) is 94.1 Å². The average molecular weight is 410 g/mol. The van der Waals surface area contributed by atoms with E-state index >= 15 is 0 Å². The van der Waals surface area contributed by atoms with E-state index in [0.717, 1.165) is 0 Å². The summed E-state index contributed by atoms with van der Waals surface area (Å²) in [5.74, 6) is -6.10. The fourth-order valence-electron chi connectivity index (χ4n) is 0.767. The minimum atomic E-state index is -2.17. The number of aliphatic carboxylic acids is 2. The molecule has 0 aliphatic heterocycles. The molecule has 2 unspecified atom stereocenters. The smallest absolute Gasteiger partial charge is 0.349 e. The molecule has 0 spiro atoms. The van der Waals surface area contributed by atoms with Crippen molar-refractivity contribution in [2.45, 2.75) is 12.2 Å². The molecule has 8 nitrogen and oxygen atoms in total. The Balaban J connectivity index is -0.00000112. The van der Waals surface area contributed by atoms with Gasteiger partial charge in [0.15, 0.2) is 11.9 Å². The second-order valence-corrected chi connectivity index (χ2v) is 2.50. The number of ether oxygens (including phenoxy) is 2. The van der Waals surface area contributed by atoms with Crippen LogP contribution in [-0.4, -0.2) is 46.3 Å². The van der Waals surface area contributed by atoms with Crippen molar-refractivity contribution in [1.82, 2.24) is 0 Å². The molecule has 0 aromatic rings. The number of esters is 2. The van der Waals surface area contributed by atoms with Crippen LogP contribution >= 0.6 is 0 Å². The Morgan fingerprint density at radius 1 is 0.778 bits per heavy atom. The van der Waals surface area contributed by atoms with Gasteiger partial charge in [-0.3, -0.25) is 23.4 Å². The third kappa shape index (κ3) is 8.85. The SMILES string of the molecule is [CH2-]C(=O)OC(C(=O)O)C(OC([CH2-])=O)C(=O)O.[Y].[Y]. The number of rotatable bonds is 5. The Morgan fingerprint density at radius 2 is 1.00 bits per heavy atom. The van der Waals surface area contributed by atoms with Gasteiger partial charge in [-0.25, -0.2) is 9.59 Å². The van der Waals surface area contributed by atoms with Crippen molar-refractivity contribution >= 4 is 23.9 Å². The van der Waals surface area contributed by atoms with Crippen molar-refractivity contribution in [3.05, 3.63) is 13.8 Å². The zero-order valence-electron chi connectivity index (χ0n) is 9.07. The van der Waals surface area contributed by atoms with Crippen molar-refractivity contribution in [2.75, 3.05) is 0 Å². The Kier molecular flexibility index (Phi) is 13.7. The van der Waals surface area contributed by atoms with Crippen molar-refractivity contribution in [3.8, 4) is 0 Å². The number of carboxylic acids is 2. The molecule has 10 heteroatoms. The molecular weight excluding hydrogens is 402 g/mol. The molecule has 2 radical (unpaired) electrons. The normalized spacial score (nSPS) is 11.8. The first-order valence-corrected chi connectivity index (χ1v) is 3.76. The summed E-state index contributed by atoms with van der Waals surface area (Å²) in [6, 6.07) is 0. The third-order valence-electron chi connectivity index (χ3n) is 1.28. The maximum absolute atomic E-state index is 10.6. The van der Waals surface area contributed by atoms with E-state index in [1.807, 2.05) is 0 Å². The molecule has 0 saturated carbocycles. The van der Waals surface area contributed by atoms with Crippen LogP contribution in [0.3, 0.4) is 0 Å². The number of hydrogen-bond donors (Lipinski definition) is 2. The summed E-state index contributed by atoms with van der Waals surface area (Å²) in [6.45, 7) is 5.42. The van der Waals surface area contributed by atoms with Crippen molar-refractivity contribution < 1.29 is 104 Å². The fourth-order valence-corrected chi connectivity index (χ4v) is 0.767. The van der Waals surface area contributed by atoms with E-state index in [0.29, 0.717) is 0 Å². The first-order valence-electron chi connectivity index (χ1n) is 3.76. The van der Waals surface area contributed by atoms with Gasteiger partial charge in [0.1, 0.15) is 0 Å². The molecule has 0 bridgehead atoms. The fraction of sp³-hybridized carbons (Fsp3) is 0.250. The summed E-state index contributed by atoms with van der Waals surface area (Å²) < 4.78 is 8.20. The van der Waals surface area contributed by atoms with E-state index < -0.39 is 36.1 Å². The van der Waals surface area contributed by atoms with Crippen LogP contribution in [0.5, 0.6) is 0 Å². The molecule has 0 fully saturated rings. The molecule has 0 aromatic carbocycles. The molecule has 18 heavy (non-hydrogen) atoms. The maximum atomic E-state index is 10.6. The molecule has 96 valence electrons. The summed E-state index contributed by atoms with van der Waals surface area (Å²) in [5, 5.41) is 17.1. The zero-order chi connectivity index (χ0) is 12.9. The molecule has 2 atom stereocenters. The van der Waals surface area contributed by atoms with Crippen LogP contribution in [0.25, 0.3) is 0 Å². The summed E-state index contributed by atoms with van der Waals surface area (Å²) in [7, 11) is 0. The number of carbonyl (C=O) groups excluding carboxylic acids is 2. The minimum Gasteiger partial charge on any atom is -0.478 e. The van der Waals surface area contributed by atoms with E-state index in [1.54, 1.807) is 0 Å². The first-order chi connectivity index (χ1) is 7.25. The van der Waals surface area contributed by atoms with Crippen LogP contribution in [0, 0.1) is 13.8 Å². The van der Waals surface area contributed by atoms with Crippen LogP contribution in [0.2, 0.25) is 0 Å². The van der Waals surface area contributed by atoms with Crippen molar-refractivity contribution in [2.24, 2.45) is 0 Å². The van der Waals surface area contributed by atoms with Crippen molar-refractivity contribution in [1.29, 1.82) is 0 Å². The summed E-state index contributed by atoms with van der Waals surface area (Å²) in [4.78, 5) is 42.0. The monoisotopic (exact) mass is 410 g/mol. The zero-order valence-corrected chi connectivity index (χ0v) is 14.7. The quantitative estimate of drug-likeness (QED) is 0.421. The van der Waals surface area contributed by atoms with Gasteiger partial charge in [0, 0.05) is 65.4 Å². The van der Waals surface area contributed by atoms with Gasteiger partial charge in [-0.15, -0.1) is 0 Å². The van der Waals surface area contributed by atoms with Gasteiger partial charge in [-0.1, -0.05) is 0 Å². The Labute approximate surface area is 153 Å².